The van der Waals surface area contributed by atoms with Crippen molar-refractivity contribution in [3.63, 3.8) is 0 Å². The Morgan fingerprint density at radius 2 is 2.27 bits per heavy atom. The van der Waals surface area contributed by atoms with E-state index in [1.54, 1.807) is 15.3 Å². The van der Waals surface area contributed by atoms with Gasteiger partial charge in [-0.1, -0.05) is 26.7 Å². The average molecular weight is 222 g/mol. The molecule has 0 fully saturated rings. The Morgan fingerprint density at radius 1 is 1.40 bits per heavy atom. The fourth-order valence-corrected chi connectivity index (χ4v) is 3.86. The van der Waals surface area contributed by atoms with Crippen LogP contribution in [0.15, 0.2) is 6.07 Å². The van der Waals surface area contributed by atoms with Crippen molar-refractivity contribution < 1.29 is 0 Å². The standard InChI is InChI=1S/C14H22S/c1-3-4-5-9-13-10-12-8-6-7-11(2)14(12)15-13/h10-11H,3-9H2,1-2H3. The lowest BCUT2D eigenvalue weighted by Gasteiger charge is -2.17. The highest BCUT2D eigenvalue weighted by atomic mass is 32.1. The number of hydrogen-bond acceptors (Lipinski definition) is 1. The summed E-state index contributed by atoms with van der Waals surface area (Å²) < 4.78 is 0. The maximum absolute atomic E-state index is 2.49. The van der Waals surface area contributed by atoms with Crippen molar-refractivity contribution in [1.82, 2.24) is 0 Å². The van der Waals surface area contributed by atoms with E-state index in [2.05, 4.69) is 31.3 Å². The molecule has 0 N–H and O–H groups in total. The molecule has 15 heavy (non-hydrogen) atoms. The van der Waals surface area contributed by atoms with Gasteiger partial charge in [-0.05, 0) is 49.7 Å². The van der Waals surface area contributed by atoms with Gasteiger partial charge in [-0.15, -0.1) is 11.3 Å². The summed E-state index contributed by atoms with van der Waals surface area (Å²) in [6.07, 6.45) is 9.56. The van der Waals surface area contributed by atoms with Gasteiger partial charge in [0, 0.05) is 9.75 Å². The Hall–Kier alpha value is -0.300. The first-order chi connectivity index (χ1) is 7.31. The molecule has 0 spiro atoms. The molecule has 1 aromatic rings. The first-order valence-corrected chi connectivity index (χ1v) is 7.24. The number of fused-ring (bicyclic) bond motifs is 1. The Bertz CT molecular complexity index is 311. The Balaban J connectivity index is 2.01. The van der Waals surface area contributed by atoms with Crippen LogP contribution in [0.25, 0.3) is 0 Å². The van der Waals surface area contributed by atoms with E-state index in [9.17, 15) is 0 Å². The number of aryl methyl sites for hydroxylation is 2. The molecule has 0 nitrogen and oxygen atoms in total. The molecule has 1 aliphatic carbocycles. The van der Waals surface area contributed by atoms with E-state index >= 15 is 0 Å². The molecule has 0 saturated heterocycles. The van der Waals surface area contributed by atoms with Crippen molar-refractivity contribution in [2.45, 2.75) is 64.7 Å². The lowest BCUT2D eigenvalue weighted by Crippen LogP contribution is -2.02. The zero-order valence-corrected chi connectivity index (χ0v) is 10.8. The van der Waals surface area contributed by atoms with Gasteiger partial charge in [0.2, 0.25) is 0 Å². The molecule has 84 valence electrons. The SMILES string of the molecule is CCCCCc1cc2c(s1)C(C)CCC2. The van der Waals surface area contributed by atoms with Gasteiger partial charge in [0.05, 0.1) is 0 Å². The van der Waals surface area contributed by atoms with Crippen LogP contribution in [0.3, 0.4) is 0 Å². The summed E-state index contributed by atoms with van der Waals surface area (Å²) in [7, 11) is 0. The summed E-state index contributed by atoms with van der Waals surface area (Å²) in [6, 6.07) is 2.49. The highest BCUT2D eigenvalue weighted by Crippen LogP contribution is 2.37. The van der Waals surface area contributed by atoms with Crippen molar-refractivity contribution >= 4 is 11.3 Å². The van der Waals surface area contributed by atoms with Crippen LogP contribution in [0.1, 0.15) is 67.2 Å². The van der Waals surface area contributed by atoms with E-state index in [1.165, 1.54) is 44.9 Å². The normalized spacial score (nSPS) is 20.3. The van der Waals surface area contributed by atoms with Crippen LogP contribution in [0.5, 0.6) is 0 Å². The maximum atomic E-state index is 2.49. The number of rotatable bonds is 4. The minimum absolute atomic E-state index is 0.832. The molecule has 1 heterocycles. The molecule has 2 rings (SSSR count). The average Bonchev–Trinajstić information content (AvgIpc) is 2.63. The van der Waals surface area contributed by atoms with Crippen LogP contribution in [0, 0.1) is 0 Å². The first kappa shape index (κ1) is 11.2. The molecule has 0 aliphatic heterocycles. The van der Waals surface area contributed by atoms with Crippen LogP contribution in [-0.4, -0.2) is 0 Å². The second-order valence-electron chi connectivity index (χ2n) is 4.85. The minimum Gasteiger partial charge on any atom is -0.145 e. The van der Waals surface area contributed by atoms with Gasteiger partial charge in [-0.2, -0.15) is 0 Å². The Morgan fingerprint density at radius 3 is 3.00 bits per heavy atom. The van der Waals surface area contributed by atoms with Crippen LogP contribution in [-0.2, 0) is 12.8 Å². The summed E-state index contributed by atoms with van der Waals surface area (Å²) in [6.45, 7) is 4.67. The molecule has 0 amide bonds. The van der Waals surface area contributed by atoms with Gasteiger partial charge in [0.1, 0.15) is 0 Å². The van der Waals surface area contributed by atoms with Gasteiger partial charge in [-0.25, -0.2) is 0 Å². The molecule has 1 unspecified atom stereocenters. The van der Waals surface area contributed by atoms with E-state index in [4.69, 9.17) is 0 Å². The summed E-state index contributed by atoms with van der Waals surface area (Å²) in [5.74, 6) is 0.832. The lowest BCUT2D eigenvalue weighted by molar-refractivity contribution is 0.602. The van der Waals surface area contributed by atoms with E-state index in [0.717, 1.165) is 5.92 Å². The molecule has 1 aliphatic rings. The molecular formula is C14H22S. The molecule has 1 aromatic heterocycles. The molecule has 1 atom stereocenters. The van der Waals surface area contributed by atoms with Gasteiger partial charge in [-0.3, -0.25) is 0 Å². The van der Waals surface area contributed by atoms with Crippen LogP contribution in [0.2, 0.25) is 0 Å². The molecule has 0 aromatic carbocycles. The van der Waals surface area contributed by atoms with Crippen LogP contribution in [0.4, 0.5) is 0 Å². The number of thiophene rings is 1. The summed E-state index contributed by atoms with van der Waals surface area (Å²) >= 11 is 2.09. The van der Waals surface area contributed by atoms with Crippen molar-refractivity contribution in [3.8, 4) is 0 Å². The molecular weight excluding hydrogens is 200 g/mol. The van der Waals surface area contributed by atoms with Gasteiger partial charge in [0.15, 0.2) is 0 Å². The largest absolute Gasteiger partial charge is 0.145 e. The highest BCUT2D eigenvalue weighted by molar-refractivity contribution is 7.12. The van der Waals surface area contributed by atoms with Crippen molar-refractivity contribution in [2.75, 3.05) is 0 Å². The molecule has 1 heteroatoms. The minimum atomic E-state index is 0.832. The summed E-state index contributed by atoms with van der Waals surface area (Å²) in [5, 5.41) is 0. The van der Waals surface area contributed by atoms with Crippen LogP contribution < -0.4 is 0 Å². The third-order valence-electron chi connectivity index (χ3n) is 3.45. The Labute approximate surface area is 97.7 Å². The van der Waals surface area contributed by atoms with Gasteiger partial charge in [0.25, 0.3) is 0 Å². The van der Waals surface area contributed by atoms with E-state index < -0.39 is 0 Å². The molecule has 0 radical (unpaired) electrons. The molecule has 0 saturated carbocycles. The predicted molar refractivity (Wildman–Crippen MR) is 68.9 cm³/mol. The first-order valence-electron chi connectivity index (χ1n) is 6.42. The third-order valence-corrected chi connectivity index (χ3v) is 4.92. The zero-order valence-electron chi connectivity index (χ0n) is 10.0. The highest BCUT2D eigenvalue weighted by Gasteiger charge is 2.19. The monoisotopic (exact) mass is 222 g/mol. The topological polar surface area (TPSA) is 0 Å². The fraction of sp³-hybridized carbons (Fsp3) is 0.714. The molecule has 0 bridgehead atoms. The fourth-order valence-electron chi connectivity index (χ4n) is 2.52. The second-order valence-corrected chi connectivity index (χ2v) is 6.02. The zero-order chi connectivity index (χ0) is 10.7. The smallest absolute Gasteiger partial charge is 0.0108 e. The third kappa shape index (κ3) is 2.63. The van der Waals surface area contributed by atoms with Gasteiger partial charge < -0.3 is 0 Å². The van der Waals surface area contributed by atoms with E-state index in [1.807, 2.05) is 0 Å². The van der Waals surface area contributed by atoms with Crippen molar-refractivity contribution in [3.05, 3.63) is 21.4 Å². The number of unbranched alkanes of at least 4 members (excludes halogenated alkanes) is 2. The second kappa shape index (κ2) is 5.16. The quantitative estimate of drug-likeness (QED) is 0.634. The van der Waals surface area contributed by atoms with Gasteiger partial charge >= 0.3 is 0 Å². The Kier molecular flexibility index (Phi) is 3.85. The predicted octanol–water partition coefficient (Wildman–Crippen LogP) is 4.92. The summed E-state index contributed by atoms with van der Waals surface area (Å²) in [4.78, 5) is 3.34. The van der Waals surface area contributed by atoms with E-state index in [0.29, 0.717) is 0 Å². The number of hydrogen-bond donors (Lipinski definition) is 0. The summed E-state index contributed by atoms with van der Waals surface area (Å²) in [5.41, 5.74) is 1.67. The van der Waals surface area contributed by atoms with Crippen molar-refractivity contribution in [2.24, 2.45) is 0 Å². The van der Waals surface area contributed by atoms with Crippen LogP contribution >= 0.6 is 11.3 Å². The van der Waals surface area contributed by atoms with Crippen molar-refractivity contribution in [1.29, 1.82) is 0 Å². The maximum Gasteiger partial charge on any atom is 0.0108 e. The lowest BCUT2D eigenvalue weighted by atomic mass is 9.91. The van der Waals surface area contributed by atoms with E-state index in [-0.39, 0.29) is 0 Å².